The molecule has 0 spiro atoms. The Kier molecular flexibility index (Phi) is 10.8. The van der Waals surface area contributed by atoms with Crippen molar-refractivity contribution in [3.63, 3.8) is 0 Å². The number of hydrogen-bond acceptors (Lipinski definition) is 3. The Balaban J connectivity index is 0.00000180. The summed E-state index contributed by atoms with van der Waals surface area (Å²) in [7, 11) is 0. The fraction of sp³-hybridized carbons (Fsp3) is 0.714. The lowest BCUT2D eigenvalue weighted by molar-refractivity contribution is 0.144. The molecule has 1 N–H and O–H groups in total. The maximum absolute atomic E-state index is 5.91. The molecule has 0 aromatic carbocycles. The van der Waals surface area contributed by atoms with Crippen LogP contribution in [0.3, 0.4) is 0 Å². The van der Waals surface area contributed by atoms with Gasteiger partial charge in [-0.05, 0) is 30.2 Å². The highest BCUT2D eigenvalue weighted by atomic mass is 35.5. The van der Waals surface area contributed by atoms with E-state index < -0.39 is 0 Å². The summed E-state index contributed by atoms with van der Waals surface area (Å²) in [5, 5.41) is 3.90. The Morgan fingerprint density at radius 3 is 2.50 bits per heavy atom. The van der Waals surface area contributed by atoms with Crippen LogP contribution < -0.4 is 5.32 Å². The summed E-state index contributed by atoms with van der Waals surface area (Å²) >= 11 is 5.91. The standard InChI is InChI=1S/C14H23ClN2O.2ClH/c1-2-3-4-5-12(13-6-7-14(15)18-13)17-10-8-16-9-11-17;;/h6-7,12,16H,2-5,8-11H2,1H3;2*1H/t12-;;/m1../s1. The molecule has 0 saturated carbocycles. The van der Waals surface area contributed by atoms with E-state index in [2.05, 4.69) is 17.1 Å². The molecule has 6 heteroatoms. The van der Waals surface area contributed by atoms with Crippen molar-refractivity contribution in [1.82, 2.24) is 10.2 Å². The third-order valence-electron chi connectivity index (χ3n) is 3.60. The first-order valence-corrected chi connectivity index (χ1v) is 7.39. The van der Waals surface area contributed by atoms with Gasteiger partial charge in [-0.3, -0.25) is 4.90 Å². The molecule has 0 aliphatic carbocycles. The monoisotopic (exact) mass is 342 g/mol. The number of hydrogen-bond donors (Lipinski definition) is 1. The van der Waals surface area contributed by atoms with Gasteiger partial charge in [-0.25, -0.2) is 0 Å². The van der Waals surface area contributed by atoms with Gasteiger partial charge in [0.15, 0.2) is 5.22 Å². The predicted molar refractivity (Wildman–Crippen MR) is 89.5 cm³/mol. The first kappa shape index (κ1) is 20.1. The molecule has 118 valence electrons. The molecule has 0 unspecified atom stereocenters. The highest BCUT2D eigenvalue weighted by Crippen LogP contribution is 2.29. The molecule has 2 rings (SSSR count). The smallest absolute Gasteiger partial charge is 0.193 e. The van der Waals surface area contributed by atoms with Gasteiger partial charge in [0.2, 0.25) is 0 Å². The van der Waals surface area contributed by atoms with E-state index in [0.717, 1.165) is 38.4 Å². The van der Waals surface area contributed by atoms with Gasteiger partial charge in [0.05, 0.1) is 6.04 Å². The van der Waals surface area contributed by atoms with E-state index in [-0.39, 0.29) is 24.8 Å². The third-order valence-corrected chi connectivity index (χ3v) is 3.80. The van der Waals surface area contributed by atoms with E-state index in [1.807, 2.05) is 12.1 Å². The predicted octanol–water partition coefficient (Wildman–Crippen LogP) is 4.30. The molecular formula is C14H25Cl3N2O. The van der Waals surface area contributed by atoms with E-state index in [9.17, 15) is 0 Å². The second-order valence-corrected chi connectivity index (χ2v) is 5.31. The van der Waals surface area contributed by atoms with E-state index in [1.165, 1.54) is 19.3 Å². The SMILES string of the molecule is CCCCC[C@H](c1ccc(Cl)o1)N1CCNCC1.Cl.Cl. The lowest BCUT2D eigenvalue weighted by Gasteiger charge is -2.33. The Bertz CT molecular complexity index is 354. The van der Waals surface area contributed by atoms with Gasteiger partial charge in [-0.1, -0.05) is 26.2 Å². The summed E-state index contributed by atoms with van der Waals surface area (Å²) < 4.78 is 5.63. The number of rotatable bonds is 6. The molecule has 3 nitrogen and oxygen atoms in total. The molecule has 1 fully saturated rings. The third kappa shape index (κ3) is 5.82. The van der Waals surface area contributed by atoms with E-state index in [0.29, 0.717) is 11.3 Å². The summed E-state index contributed by atoms with van der Waals surface area (Å²) in [6, 6.07) is 4.28. The minimum Gasteiger partial charge on any atom is -0.448 e. The van der Waals surface area contributed by atoms with Gasteiger partial charge in [0.1, 0.15) is 5.76 Å². The van der Waals surface area contributed by atoms with Crippen LogP contribution in [0.25, 0.3) is 0 Å². The van der Waals surface area contributed by atoms with Crippen molar-refractivity contribution >= 4 is 36.4 Å². The molecule has 0 amide bonds. The first-order chi connectivity index (χ1) is 8.81. The van der Waals surface area contributed by atoms with Crippen LogP contribution in [0, 0.1) is 0 Å². The van der Waals surface area contributed by atoms with Crippen molar-refractivity contribution in [3.8, 4) is 0 Å². The highest BCUT2D eigenvalue weighted by Gasteiger charge is 2.24. The average Bonchev–Trinajstić information content (AvgIpc) is 2.82. The Labute approximate surface area is 139 Å². The van der Waals surface area contributed by atoms with Crippen molar-refractivity contribution < 1.29 is 4.42 Å². The Morgan fingerprint density at radius 1 is 1.25 bits per heavy atom. The van der Waals surface area contributed by atoms with E-state index in [4.69, 9.17) is 16.0 Å². The van der Waals surface area contributed by atoms with Gasteiger partial charge in [-0.2, -0.15) is 0 Å². The number of nitrogens with zero attached hydrogens (tertiary/aromatic N) is 1. The second kappa shape index (κ2) is 10.7. The van der Waals surface area contributed by atoms with Crippen molar-refractivity contribution in [2.45, 2.75) is 38.6 Å². The quantitative estimate of drug-likeness (QED) is 0.780. The molecule has 20 heavy (non-hydrogen) atoms. The number of nitrogens with one attached hydrogen (secondary N) is 1. The molecule has 1 aromatic heterocycles. The molecule has 1 saturated heterocycles. The zero-order valence-electron chi connectivity index (χ0n) is 11.9. The summed E-state index contributed by atoms with van der Waals surface area (Å²) in [5.74, 6) is 1.03. The van der Waals surface area contributed by atoms with Crippen LogP contribution >= 0.6 is 36.4 Å². The van der Waals surface area contributed by atoms with Crippen LogP contribution in [0.1, 0.15) is 44.4 Å². The van der Waals surface area contributed by atoms with Crippen LogP contribution in [0.5, 0.6) is 0 Å². The number of furan rings is 1. The highest BCUT2D eigenvalue weighted by molar-refractivity contribution is 6.28. The van der Waals surface area contributed by atoms with Gasteiger partial charge < -0.3 is 9.73 Å². The molecule has 0 radical (unpaired) electrons. The van der Waals surface area contributed by atoms with Gasteiger partial charge in [0, 0.05) is 26.2 Å². The van der Waals surface area contributed by atoms with Crippen LogP contribution in [-0.4, -0.2) is 31.1 Å². The van der Waals surface area contributed by atoms with Gasteiger partial charge in [0.25, 0.3) is 0 Å². The molecule has 1 aliphatic rings. The molecule has 1 aromatic rings. The molecular weight excluding hydrogens is 319 g/mol. The fourth-order valence-corrected chi connectivity index (χ4v) is 2.75. The minimum absolute atomic E-state index is 0. The largest absolute Gasteiger partial charge is 0.448 e. The normalized spacial score (nSPS) is 17.1. The van der Waals surface area contributed by atoms with Gasteiger partial charge >= 0.3 is 0 Å². The second-order valence-electron chi connectivity index (χ2n) is 4.94. The molecule has 1 aliphatic heterocycles. The number of halogens is 3. The first-order valence-electron chi connectivity index (χ1n) is 7.01. The maximum Gasteiger partial charge on any atom is 0.193 e. The molecule has 0 bridgehead atoms. The average molecular weight is 344 g/mol. The summed E-state index contributed by atoms with van der Waals surface area (Å²) in [5.41, 5.74) is 0. The van der Waals surface area contributed by atoms with Crippen LogP contribution in [0.15, 0.2) is 16.5 Å². The van der Waals surface area contributed by atoms with Crippen LogP contribution in [0.2, 0.25) is 5.22 Å². The van der Waals surface area contributed by atoms with Crippen LogP contribution in [0.4, 0.5) is 0 Å². The summed E-state index contributed by atoms with van der Waals surface area (Å²) in [6.07, 6.45) is 4.96. The molecule has 1 atom stereocenters. The zero-order valence-corrected chi connectivity index (χ0v) is 14.3. The summed E-state index contributed by atoms with van der Waals surface area (Å²) in [4.78, 5) is 2.52. The van der Waals surface area contributed by atoms with Crippen molar-refractivity contribution in [2.75, 3.05) is 26.2 Å². The maximum atomic E-state index is 5.91. The number of piperazine rings is 1. The fourth-order valence-electron chi connectivity index (χ4n) is 2.59. The Hall–Kier alpha value is 0.0700. The molecule has 2 heterocycles. The number of unbranched alkanes of at least 4 members (excludes halogenated alkanes) is 2. The lowest BCUT2D eigenvalue weighted by Crippen LogP contribution is -2.45. The summed E-state index contributed by atoms with van der Waals surface area (Å²) in [6.45, 7) is 6.56. The van der Waals surface area contributed by atoms with Crippen molar-refractivity contribution in [1.29, 1.82) is 0 Å². The lowest BCUT2D eigenvalue weighted by atomic mass is 10.0. The van der Waals surface area contributed by atoms with E-state index >= 15 is 0 Å². The van der Waals surface area contributed by atoms with Crippen LogP contribution in [-0.2, 0) is 0 Å². The minimum atomic E-state index is 0. The van der Waals surface area contributed by atoms with Crippen molar-refractivity contribution in [3.05, 3.63) is 23.1 Å². The topological polar surface area (TPSA) is 28.4 Å². The Morgan fingerprint density at radius 2 is 1.95 bits per heavy atom. The van der Waals surface area contributed by atoms with Crippen molar-refractivity contribution in [2.24, 2.45) is 0 Å². The van der Waals surface area contributed by atoms with Gasteiger partial charge in [-0.15, -0.1) is 24.8 Å². The van der Waals surface area contributed by atoms with E-state index in [1.54, 1.807) is 0 Å². The zero-order chi connectivity index (χ0) is 12.8.